The molecule has 0 aliphatic carbocycles. The maximum Gasteiger partial charge on any atom is 0.187 e. The Balaban J connectivity index is 1.83. The number of ether oxygens (including phenoxy) is 5. The van der Waals surface area contributed by atoms with Gasteiger partial charge in [-0.25, -0.2) is 0 Å². The van der Waals surface area contributed by atoms with E-state index < -0.39 is 105 Å². The zero-order valence-corrected chi connectivity index (χ0v) is 17.6. The Morgan fingerprint density at radius 1 is 0.545 bits per heavy atom. The first-order chi connectivity index (χ1) is 15.5. The molecule has 15 heteroatoms. The highest BCUT2D eigenvalue weighted by atomic mass is 16.8. The van der Waals surface area contributed by atoms with E-state index in [1.54, 1.807) is 0 Å². The quantitative estimate of drug-likeness (QED) is 0.167. The molecule has 3 rings (SSSR count). The van der Waals surface area contributed by atoms with E-state index in [1.807, 2.05) is 0 Å². The molecule has 194 valence electrons. The predicted molar refractivity (Wildman–Crippen MR) is 99.8 cm³/mol. The summed E-state index contributed by atoms with van der Waals surface area (Å²) in [6.45, 7) is -0.118. The highest BCUT2D eigenvalue weighted by Crippen LogP contribution is 2.32. The third-order valence-electron chi connectivity index (χ3n) is 6.05. The molecule has 1 unspecified atom stereocenters. The standard InChI is InChI=1S/C18H32O15/c1-4-7(21)9(23)11(25)17(29-4)32-14-6(3-20)30-16(28)13(27)15(14)33-18-12(26)10(24)8(22)5(2-19)31-18/h4-28H,2-3H2,1H3/t4-,5+,6+,7+,8+,9+,10-,11-,12+,13+,14-,15+,16?,17+,18+/m0/s1. The molecule has 0 aromatic heterocycles. The van der Waals surface area contributed by atoms with Crippen molar-refractivity contribution < 1.29 is 74.7 Å². The number of hydrogen-bond acceptors (Lipinski definition) is 15. The van der Waals surface area contributed by atoms with E-state index in [0.29, 0.717) is 0 Å². The molecule has 0 bridgehead atoms. The average Bonchev–Trinajstić information content (AvgIpc) is 2.80. The van der Waals surface area contributed by atoms with Gasteiger partial charge >= 0.3 is 0 Å². The normalized spacial score (nSPS) is 53.7. The van der Waals surface area contributed by atoms with Crippen molar-refractivity contribution in [3.05, 3.63) is 0 Å². The highest BCUT2D eigenvalue weighted by molar-refractivity contribution is 4.96. The fraction of sp³-hybridized carbons (Fsp3) is 1.00. The lowest BCUT2D eigenvalue weighted by atomic mass is 9.96. The molecule has 0 spiro atoms. The van der Waals surface area contributed by atoms with Crippen LogP contribution < -0.4 is 0 Å². The molecule has 0 aromatic carbocycles. The van der Waals surface area contributed by atoms with Crippen molar-refractivity contribution in [2.24, 2.45) is 0 Å². The van der Waals surface area contributed by atoms with Crippen LogP contribution in [-0.2, 0) is 23.7 Å². The molecule has 0 saturated carbocycles. The van der Waals surface area contributed by atoms with E-state index in [0.717, 1.165) is 0 Å². The first-order valence-corrected chi connectivity index (χ1v) is 10.4. The Kier molecular flexibility index (Phi) is 8.99. The number of aliphatic hydroxyl groups excluding tert-OH is 10. The minimum absolute atomic E-state index is 0.747. The minimum atomic E-state index is -1.89. The van der Waals surface area contributed by atoms with E-state index in [9.17, 15) is 51.1 Å². The Morgan fingerprint density at radius 3 is 1.64 bits per heavy atom. The summed E-state index contributed by atoms with van der Waals surface area (Å²) in [5, 5.41) is 99.8. The van der Waals surface area contributed by atoms with Gasteiger partial charge in [0.2, 0.25) is 0 Å². The summed E-state index contributed by atoms with van der Waals surface area (Å²) in [5.41, 5.74) is 0. The summed E-state index contributed by atoms with van der Waals surface area (Å²) in [5.74, 6) is 0. The van der Waals surface area contributed by atoms with Crippen LogP contribution in [0.2, 0.25) is 0 Å². The molecule has 33 heavy (non-hydrogen) atoms. The van der Waals surface area contributed by atoms with Crippen LogP contribution in [-0.4, -0.2) is 156 Å². The fourth-order valence-electron chi connectivity index (χ4n) is 3.99. The van der Waals surface area contributed by atoms with Crippen LogP contribution in [0.5, 0.6) is 0 Å². The second-order valence-corrected chi connectivity index (χ2v) is 8.32. The van der Waals surface area contributed by atoms with Gasteiger partial charge in [0.1, 0.15) is 67.1 Å². The molecule has 0 amide bonds. The van der Waals surface area contributed by atoms with Crippen LogP contribution in [0.15, 0.2) is 0 Å². The predicted octanol–water partition coefficient (Wildman–Crippen LogP) is -6.55. The summed E-state index contributed by atoms with van der Waals surface area (Å²) in [6.07, 6.45) is -24.1. The van der Waals surface area contributed by atoms with Gasteiger partial charge in [0.15, 0.2) is 18.9 Å². The molecule has 3 aliphatic heterocycles. The SMILES string of the molecule is C[C@@H]1O[C@H](O[C@@H]2[C@H](O[C@H]3O[C@H](CO)[C@@H](O)[C@H](O)[C@H]3O)[C@@H](O)C(O)O[C@@H]2CO)[C@@H](O)[C@H](O)[C@@H]1O. The van der Waals surface area contributed by atoms with Crippen molar-refractivity contribution in [3.8, 4) is 0 Å². The van der Waals surface area contributed by atoms with E-state index in [-0.39, 0.29) is 0 Å². The average molecular weight is 488 g/mol. The van der Waals surface area contributed by atoms with Crippen LogP contribution in [0, 0.1) is 0 Å². The van der Waals surface area contributed by atoms with Gasteiger partial charge in [-0.05, 0) is 6.92 Å². The van der Waals surface area contributed by atoms with Crippen LogP contribution in [0.3, 0.4) is 0 Å². The minimum Gasteiger partial charge on any atom is -0.394 e. The zero-order valence-electron chi connectivity index (χ0n) is 17.6. The first kappa shape index (κ1) is 27.0. The molecule has 3 fully saturated rings. The van der Waals surface area contributed by atoms with E-state index in [4.69, 9.17) is 23.7 Å². The van der Waals surface area contributed by atoms with Crippen molar-refractivity contribution in [1.29, 1.82) is 0 Å². The third kappa shape index (κ3) is 5.32. The number of aliphatic hydroxyl groups is 10. The monoisotopic (exact) mass is 488 g/mol. The van der Waals surface area contributed by atoms with Crippen LogP contribution >= 0.6 is 0 Å². The lowest BCUT2D eigenvalue weighted by molar-refractivity contribution is -0.382. The van der Waals surface area contributed by atoms with Gasteiger partial charge in [0.05, 0.1) is 19.3 Å². The third-order valence-corrected chi connectivity index (χ3v) is 6.05. The smallest absolute Gasteiger partial charge is 0.187 e. The molecular formula is C18H32O15. The van der Waals surface area contributed by atoms with Gasteiger partial charge in [-0.1, -0.05) is 0 Å². The van der Waals surface area contributed by atoms with Gasteiger partial charge in [-0.3, -0.25) is 0 Å². The maximum absolute atomic E-state index is 10.5. The maximum atomic E-state index is 10.5. The van der Waals surface area contributed by atoms with Crippen LogP contribution in [0.1, 0.15) is 6.92 Å². The van der Waals surface area contributed by atoms with E-state index in [2.05, 4.69) is 0 Å². The summed E-state index contributed by atoms with van der Waals surface area (Å²) < 4.78 is 26.9. The van der Waals surface area contributed by atoms with Crippen molar-refractivity contribution in [1.82, 2.24) is 0 Å². The molecule has 3 aliphatic rings. The Morgan fingerprint density at radius 2 is 1.06 bits per heavy atom. The molecule has 3 saturated heterocycles. The largest absolute Gasteiger partial charge is 0.394 e. The number of hydrogen-bond donors (Lipinski definition) is 10. The second-order valence-electron chi connectivity index (χ2n) is 8.32. The summed E-state index contributed by atoms with van der Waals surface area (Å²) in [4.78, 5) is 0. The van der Waals surface area contributed by atoms with E-state index >= 15 is 0 Å². The molecule has 15 atom stereocenters. The van der Waals surface area contributed by atoms with E-state index in [1.165, 1.54) is 6.92 Å². The fourth-order valence-corrected chi connectivity index (χ4v) is 3.99. The lowest BCUT2D eigenvalue weighted by Gasteiger charge is -2.48. The topological polar surface area (TPSA) is 248 Å². The highest BCUT2D eigenvalue weighted by Gasteiger charge is 2.53. The molecule has 15 nitrogen and oxygen atoms in total. The van der Waals surface area contributed by atoms with Gasteiger partial charge in [-0.15, -0.1) is 0 Å². The van der Waals surface area contributed by atoms with Gasteiger partial charge in [0.25, 0.3) is 0 Å². The molecule has 0 radical (unpaired) electrons. The molecule has 10 N–H and O–H groups in total. The van der Waals surface area contributed by atoms with Crippen LogP contribution in [0.25, 0.3) is 0 Å². The van der Waals surface area contributed by atoms with Crippen molar-refractivity contribution in [2.45, 2.75) is 99.0 Å². The van der Waals surface area contributed by atoms with Gasteiger partial charge < -0.3 is 74.7 Å². The van der Waals surface area contributed by atoms with Gasteiger partial charge in [-0.2, -0.15) is 0 Å². The van der Waals surface area contributed by atoms with Crippen molar-refractivity contribution in [3.63, 3.8) is 0 Å². The first-order valence-electron chi connectivity index (χ1n) is 10.4. The summed E-state index contributed by atoms with van der Waals surface area (Å²) >= 11 is 0. The van der Waals surface area contributed by atoms with Crippen LogP contribution in [0.4, 0.5) is 0 Å². The van der Waals surface area contributed by atoms with Gasteiger partial charge in [0, 0.05) is 0 Å². The Labute approximate surface area is 187 Å². The Bertz CT molecular complexity index is 624. The Hall–Kier alpha value is -0.600. The molecular weight excluding hydrogens is 456 g/mol. The molecule has 3 heterocycles. The number of rotatable bonds is 6. The summed E-state index contributed by atoms with van der Waals surface area (Å²) in [6, 6.07) is 0. The van der Waals surface area contributed by atoms with Crippen molar-refractivity contribution >= 4 is 0 Å². The molecule has 0 aromatic rings. The second kappa shape index (κ2) is 11.0. The zero-order chi connectivity index (χ0) is 24.6. The van der Waals surface area contributed by atoms with Crippen molar-refractivity contribution in [2.75, 3.05) is 13.2 Å². The lowest BCUT2D eigenvalue weighted by Crippen LogP contribution is -2.66. The summed E-state index contributed by atoms with van der Waals surface area (Å²) in [7, 11) is 0.